The van der Waals surface area contributed by atoms with Gasteiger partial charge >= 0.3 is 0 Å². The Hall–Kier alpha value is -1.83. The summed E-state index contributed by atoms with van der Waals surface area (Å²) in [6, 6.07) is 0. The molecule has 0 aromatic carbocycles. The first kappa shape index (κ1) is 12.6. The molecule has 1 N–H and O–H groups in total. The lowest BCUT2D eigenvalue weighted by atomic mass is 10.5. The molecule has 8 heteroatoms. The molecule has 0 bridgehead atoms. The van der Waals surface area contributed by atoms with Gasteiger partial charge in [-0.15, -0.1) is 10.2 Å². The van der Waals surface area contributed by atoms with Gasteiger partial charge in [-0.3, -0.25) is 0 Å². The third-order valence-electron chi connectivity index (χ3n) is 2.01. The van der Waals surface area contributed by atoms with Crippen LogP contribution >= 0.6 is 11.8 Å². The fourth-order valence-electron chi connectivity index (χ4n) is 1.31. The topological polar surface area (TPSA) is 86.0 Å². The average molecular weight is 267 g/mol. The Morgan fingerprint density at radius 1 is 1.39 bits per heavy atom. The summed E-state index contributed by atoms with van der Waals surface area (Å²) >= 11 is 1.24. The number of nitrogens with one attached hydrogen (secondary N) is 1. The van der Waals surface area contributed by atoms with Crippen molar-refractivity contribution in [3.63, 3.8) is 0 Å². The molecule has 0 amide bonds. The Bertz CT molecular complexity index is 531. The second-order valence-corrected chi connectivity index (χ2v) is 4.22. The molecule has 0 radical (unpaired) electrons. The van der Waals surface area contributed by atoms with E-state index in [2.05, 4.69) is 25.5 Å². The molecule has 7 nitrogen and oxygen atoms in total. The quantitative estimate of drug-likeness (QED) is 0.820. The molecule has 0 aliphatic rings. The monoisotopic (exact) mass is 267 g/mol. The van der Waals surface area contributed by atoms with Crippen LogP contribution in [0.15, 0.2) is 21.0 Å². The van der Waals surface area contributed by atoms with E-state index in [4.69, 9.17) is 9.15 Å². The van der Waals surface area contributed by atoms with Gasteiger partial charge in [-0.1, -0.05) is 0 Å². The van der Waals surface area contributed by atoms with Crippen molar-refractivity contribution in [3.8, 4) is 5.75 Å². The summed E-state index contributed by atoms with van der Waals surface area (Å²) in [5.74, 6) is 1.73. The molecule has 0 fully saturated rings. The highest BCUT2D eigenvalue weighted by Crippen LogP contribution is 2.35. The fraction of sp³-hybridized carbons (Fsp3) is 0.400. The second kappa shape index (κ2) is 5.67. The number of rotatable bonds is 5. The molecule has 0 aliphatic carbocycles. The van der Waals surface area contributed by atoms with E-state index in [9.17, 15) is 0 Å². The zero-order valence-corrected chi connectivity index (χ0v) is 11.1. The lowest BCUT2D eigenvalue weighted by Crippen LogP contribution is -2.03. The molecule has 0 aliphatic heterocycles. The first-order valence-electron chi connectivity index (χ1n) is 5.35. The molecule has 2 aromatic rings. The van der Waals surface area contributed by atoms with Crippen LogP contribution in [0.2, 0.25) is 0 Å². The molecule has 0 unspecified atom stereocenters. The minimum absolute atomic E-state index is 0.423. The van der Waals surface area contributed by atoms with Crippen molar-refractivity contribution in [3.05, 3.63) is 12.2 Å². The maximum absolute atomic E-state index is 5.31. The van der Waals surface area contributed by atoms with Gasteiger partial charge in [0.05, 0.1) is 7.11 Å². The van der Waals surface area contributed by atoms with Gasteiger partial charge in [0, 0.05) is 13.5 Å². The van der Waals surface area contributed by atoms with Crippen LogP contribution in [0.3, 0.4) is 0 Å². The van der Waals surface area contributed by atoms with E-state index >= 15 is 0 Å². The van der Waals surface area contributed by atoms with Crippen LogP contribution in [0.25, 0.3) is 0 Å². The van der Waals surface area contributed by atoms with Gasteiger partial charge in [0.15, 0.2) is 16.6 Å². The van der Waals surface area contributed by atoms with E-state index < -0.39 is 0 Å². The predicted octanol–water partition coefficient (Wildman–Crippen LogP) is 1.76. The summed E-state index contributed by atoms with van der Waals surface area (Å²) in [6.45, 7) is 4.46. The number of aromatic nitrogens is 4. The molecule has 0 atom stereocenters. The molecule has 0 saturated heterocycles. The van der Waals surface area contributed by atoms with E-state index in [0.717, 1.165) is 6.54 Å². The first-order chi connectivity index (χ1) is 8.74. The minimum atomic E-state index is 0.423. The van der Waals surface area contributed by atoms with Crippen molar-refractivity contribution >= 4 is 17.6 Å². The maximum Gasteiger partial charge on any atom is 0.283 e. The smallest absolute Gasteiger partial charge is 0.283 e. The number of hydrogen-bond donors (Lipinski definition) is 1. The minimum Gasteiger partial charge on any atom is -0.490 e. The van der Waals surface area contributed by atoms with E-state index in [0.29, 0.717) is 27.7 Å². The molecule has 0 spiro atoms. The van der Waals surface area contributed by atoms with Crippen LogP contribution < -0.4 is 10.1 Å². The Morgan fingerprint density at radius 3 is 2.83 bits per heavy atom. The highest BCUT2D eigenvalue weighted by atomic mass is 32.2. The Labute approximate surface area is 108 Å². The summed E-state index contributed by atoms with van der Waals surface area (Å²) in [4.78, 5) is 8.28. The van der Waals surface area contributed by atoms with Crippen molar-refractivity contribution in [1.82, 2.24) is 20.2 Å². The number of aryl methyl sites for hydroxylation is 1. The summed E-state index contributed by atoms with van der Waals surface area (Å²) in [5.41, 5.74) is 0. The zero-order chi connectivity index (χ0) is 13.0. The van der Waals surface area contributed by atoms with Crippen molar-refractivity contribution in [2.45, 2.75) is 24.1 Å². The number of methoxy groups -OCH3 is 1. The van der Waals surface area contributed by atoms with Gasteiger partial charge < -0.3 is 14.5 Å². The highest BCUT2D eigenvalue weighted by Gasteiger charge is 2.15. The van der Waals surface area contributed by atoms with Crippen LogP contribution in [0, 0.1) is 6.92 Å². The Kier molecular flexibility index (Phi) is 3.98. The molecule has 0 saturated carbocycles. The molecular formula is C10H13N5O2S. The van der Waals surface area contributed by atoms with Gasteiger partial charge in [0.1, 0.15) is 6.33 Å². The van der Waals surface area contributed by atoms with E-state index in [1.54, 1.807) is 14.0 Å². The second-order valence-electron chi connectivity index (χ2n) is 3.28. The first-order valence-corrected chi connectivity index (χ1v) is 6.17. The lowest BCUT2D eigenvalue weighted by Gasteiger charge is -2.10. The highest BCUT2D eigenvalue weighted by molar-refractivity contribution is 7.99. The normalized spacial score (nSPS) is 10.4. The van der Waals surface area contributed by atoms with Crippen LogP contribution in [0.4, 0.5) is 5.82 Å². The molecular weight excluding hydrogens is 254 g/mol. The predicted molar refractivity (Wildman–Crippen MR) is 65.9 cm³/mol. The standard InChI is InChI=1S/C10H13N5O2S/c1-4-11-8-7(16-3)9(13-5-12-8)18-10-15-14-6(2)17-10/h5H,4H2,1-3H3,(H,11,12,13). The van der Waals surface area contributed by atoms with Crippen molar-refractivity contribution in [1.29, 1.82) is 0 Å². The lowest BCUT2D eigenvalue weighted by molar-refractivity contribution is 0.398. The molecule has 2 heterocycles. The third kappa shape index (κ3) is 2.70. The van der Waals surface area contributed by atoms with Gasteiger partial charge in [-0.25, -0.2) is 9.97 Å². The number of ether oxygens (including phenoxy) is 1. The van der Waals surface area contributed by atoms with Crippen molar-refractivity contribution in [2.75, 3.05) is 19.0 Å². The van der Waals surface area contributed by atoms with Gasteiger partial charge in [-0.05, 0) is 18.7 Å². The zero-order valence-electron chi connectivity index (χ0n) is 10.3. The van der Waals surface area contributed by atoms with Crippen molar-refractivity contribution in [2.24, 2.45) is 0 Å². The van der Waals surface area contributed by atoms with Gasteiger partial charge in [0.25, 0.3) is 5.22 Å². The largest absolute Gasteiger partial charge is 0.490 e. The van der Waals surface area contributed by atoms with Gasteiger partial charge in [-0.2, -0.15) is 0 Å². The summed E-state index contributed by atoms with van der Waals surface area (Å²) in [6.07, 6.45) is 1.46. The van der Waals surface area contributed by atoms with E-state index in [-0.39, 0.29) is 0 Å². The van der Waals surface area contributed by atoms with Crippen LogP contribution in [-0.4, -0.2) is 33.8 Å². The Morgan fingerprint density at radius 2 is 2.22 bits per heavy atom. The van der Waals surface area contributed by atoms with Crippen LogP contribution in [-0.2, 0) is 0 Å². The summed E-state index contributed by atoms with van der Waals surface area (Å²) in [5, 5.41) is 11.8. The van der Waals surface area contributed by atoms with Crippen molar-refractivity contribution < 1.29 is 9.15 Å². The number of anilines is 1. The molecule has 18 heavy (non-hydrogen) atoms. The van der Waals surface area contributed by atoms with E-state index in [1.807, 2.05) is 6.92 Å². The van der Waals surface area contributed by atoms with E-state index in [1.165, 1.54) is 18.1 Å². The van der Waals surface area contributed by atoms with Crippen LogP contribution in [0.5, 0.6) is 5.75 Å². The summed E-state index contributed by atoms with van der Waals surface area (Å²) in [7, 11) is 1.57. The SMILES string of the molecule is CCNc1ncnc(Sc2nnc(C)o2)c1OC. The number of hydrogen-bond acceptors (Lipinski definition) is 8. The molecule has 2 aromatic heterocycles. The van der Waals surface area contributed by atoms with Gasteiger partial charge in [0.2, 0.25) is 5.89 Å². The number of nitrogens with zero attached hydrogens (tertiary/aromatic N) is 4. The molecule has 2 rings (SSSR count). The Balaban J connectivity index is 2.29. The fourth-order valence-corrected chi connectivity index (χ4v) is 2.09. The average Bonchev–Trinajstić information content (AvgIpc) is 2.76. The summed E-state index contributed by atoms with van der Waals surface area (Å²) < 4.78 is 10.6. The maximum atomic E-state index is 5.31. The molecule has 96 valence electrons. The third-order valence-corrected chi connectivity index (χ3v) is 2.83. The van der Waals surface area contributed by atoms with Crippen LogP contribution in [0.1, 0.15) is 12.8 Å².